The van der Waals surface area contributed by atoms with Crippen LogP contribution in [0.4, 0.5) is 52.7 Å². The normalized spacial score (nSPS) is 38.2. The minimum absolute atomic E-state index is 0.00525. The van der Waals surface area contributed by atoms with Gasteiger partial charge in [0.15, 0.2) is 0 Å². The summed E-state index contributed by atoms with van der Waals surface area (Å²) in [4.78, 5) is 0. The Labute approximate surface area is 238 Å². The van der Waals surface area contributed by atoms with Crippen molar-refractivity contribution in [1.29, 1.82) is 0 Å². The van der Waals surface area contributed by atoms with Gasteiger partial charge in [0.25, 0.3) is 11.2 Å². The SMILES string of the molecule is OC(COC1CC2C=CC1C2)(C(F)(F)F)C(F)(F)F.OC(COC1CC2CC1C1C3C=CC(C3)C21)(C(F)(F)F)C(F)(F)F. The molecule has 6 aliphatic rings. The summed E-state index contributed by atoms with van der Waals surface area (Å²) >= 11 is 0. The van der Waals surface area contributed by atoms with E-state index in [-0.39, 0.29) is 17.8 Å². The van der Waals surface area contributed by atoms with E-state index in [0.29, 0.717) is 48.9 Å². The third-order valence-electron chi connectivity index (χ3n) is 10.3. The lowest BCUT2D eigenvalue weighted by atomic mass is 9.72. The average molecular weight is 647 g/mol. The summed E-state index contributed by atoms with van der Waals surface area (Å²) < 4.78 is 161. The Morgan fingerprint density at radius 1 is 0.512 bits per heavy atom. The maximum Gasteiger partial charge on any atom is 0.428 e. The van der Waals surface area contributed by atoms with Gasteiger partial charge >= 0.3 is 24.7 Å². The molecule has 43 heavy (non-hydrogen) atoms. The molecule has 0 heterocycles. The van der Waals surface area contributed by atoms with Gasteiger partial charge in [-0.05, 0) is 73.5 Å². The lowest BCUT2D eigenvalue weighted by Crippen LogP contribution is -2.60. The number of ether oxygens (including phenoxy) is 2. The van der Waals surface area contributed by atoms with Crippen molar-refractivity contribution in [3.8, 4) is 0 Å². The summed E-state index contributed by atoms with van der Waals surface area (Å²) in [6, 6.07) is 0. The van der Waals surface area contributed by atoms with Crippen molar-refractivity contribution in [2.24, 2.45) is 47.3 Å². The number of rotatable bonds is 6. The second-order valence-electron chi connectivity index (χ2n) is 12.7. The van der Waals surface area contributed by atoms with Gasteiger partial charge < -0.3 is 19.7 Å². The molecule has 10 atom stereocenters. The minimum Gasteiger partial charge on any atom is -0.374 e. The van der Waals surface area contributed by atoms with E-state index in [2.05, 4.69) is 12.2 Å². The summed E-state index contributed by atoms with van der Waals surface area (Å²) in [5.41, 5.74) is -9.62. The van der Waals surface area contributed by atoms with Gasteiger partial charge in [-0.2, -0.15) is 52.7 Å². The van der Waals surface area contributed by atoms with E-state index in [4.69, 9.17) is 14.6 Å². The monoisotopic (exact) mass is 646 g/mol. The number of hydrogen-bond acceptors (Lipinski definition) is 4. The van der Waals surface area contributed by atoms with Crippen LogP contribution in [0.15, 0.2) is 24.3 Å². The van der Waals surface area contributed by atoms with E-state index in [1.165, 1.54) is 0 Å². The zero-order valence-electron chi connectivity index (χ0n) is 22.3. The quantitative estimate of drug-likeness (QED) is 0.196. The zero-order valence-corrected chi connectivity index (χ0v) is 22.3. The summed E-state index contributed by atoms with van der Waals surface area (Å²) in [7, 11) is 0. The molecule has 6 rings (SSSR count). The highest BCUT2D eigenvalue weighted by Crippen LogP contribution is 2.66. The Morgan fingerprint density at radius 3 is 1.42 bits per heavy atom. The summed E-state index contributed by atoms with van der Waals surface area (Å²) in [6.45, 7) is -3.60. The second kappa shape index (κ2) is 10.5. The molecule has 4 nitrogen and oxygen atoms in total. The fraction of sp³-hybridized carbons (Fsp3) is 0.852. The fourth-order valence-electron chi connectivity index (χ4n) is 8.17. The lowest BCUT2D eigenvalue weighted by molar-refractivity contribution is -0.381. The molecular weight excluding hydrogens is 616 g/mol. The fourth-order valence-corrected chi connectivity index (χ4v) is 8.17. The molecule has 0 radical (unpaired) electrons. The molecule has 4 saturated carbocycles. The number of aliphatic hydroxyl groups is 2. The predicted octanol–water partition coefficient (Wildman–Crippen LogP) is 6.53. The number of halogens is 12. The molecule has 0 spiro atoms. The van der Waals surface area contributed by atoms with Gasteiger partial charge in [0.2, 0.25) is 0 Å². The summed E-state index contributed by atoms with van der Waals surface area (Å²) in [5.74, 6) is 2.03. The standard InChI is InChI=1S/C16H18F6O2.C11H12F6O2/c17-15(18,19)14(23,16(20,21)22)6-24-11-5-9-4-10(11)13-8-2-1-7(3-8)12(9)13;12-10(13,14)9(18,11(15,16)17)5-19-8-4-6-1-2-7(8)3-6/h1-2,7-13,23H,3-6H2;1-2,6-8,18H,3-5H2. The molecule has 10 unspecified atom stereocenters. The van der Waals surface area contributed by atoms with Crippen LogP contribution in [-0.4, -0.2) is 71.5 Å². The van der Waals surface area contributed by atoms with Gasteiger partial charge in [-0.25, -0.2) is 0 Å². The van der Waals surface area contributed by atoms with E-state index in [0.717, 1.165) is 12.8 Å². The molecule has 2 N–H and O–H groups in total. The number of alkyl halides is 12. The van der Waals surface area contributed by atoms with Crippen LogP contribution >= 0.6 is 0 Å². The molecule has 0 aliphatic heterocycles. The summed E-state index contributed by atoms with van der Waals surface area (Å²) in [6.07, 6.45) is -13.2. The number of allylic oxidation sites excluding steroid dienone is 3. The number of hydrogen-bond donors (Lipinski definition) is 2. The van der Waals surface area contributed by atoms with Crippen molar-refractivity contribution < 1.29 is 72.4 Å². The van der Waals surface area contributed by atoms with Crippen LogP contribution in [0, 0.1) is 47.3 Å². The minimum atomic E-state index is -5.82. The van der Waals surface area contributed by atoms with Crippen LogP contribution in [0.5, 0.6) is 0 Å². The predicted molar refractivity (Wildman–Crippen MR) is 123 cm³/mol. The first-order valence-electron chi connectivity index (χ1n) is 13.9. The maximum atomic E-state index is 12.7. The first kappa shape index (κ1) is 32.9. The van der Waals surface area contributed by atoms with Crippen LogP contribution in [0.2, 0.25) is 0 Å². The third kappa shape index (κ3) is 5.49. The smallest absolute Gasteiger partial charge is 0.374 e. The van der Waals surface area contributed by atoms with Crippen molar-refractivity contribution in [3.05, 3.63) is 24.3 Å². The molecule has 0 aromatic carbocycles. The second-order valence-corrected chi connectivity index (χ2v) is 12.7. The van der Waals surface area contributed by atoms with Crippen LogP contribution in [0.1, 0.15) is 32.1 Å². The number of fused-ring (bicyclic) bond motifs is 11. The Kier molecular flexibility index (Phi) is 8.03. The highest BCUT2D eigenvalue weighted by molar-refractivity contribution is 5.21. The van der Waals surface area contributed by atoms with Crippen LogP contribution in [0.25, 0.3) is 0 Å². The van der Waals surface area contributed by atoms with Gasteiger partial charge in [-0.15, -0.1) is 0 Å². The first-order chi connectivity index (χ1) is 19.6. The molecule has 16 heteroatoms. The highest BCUT2D eigenvalue weighted by Gasteiger charge is 2.72. The first-order valence-corrected chi connectivity index (χ1v) is 13.9. The van der Waals surface area contributed by atoms with Crippen LogP contribution in [-0.2, 0) is 9.47 Å². The van der Waals surface area contributed by atoms with Crippen molar-refractivity contribution >= 4 is 0 Å². The highest BCUT2D eigenvalue weighted by atomic mass is 19.4. The van der Waals surface area contributed by atoms with E-state index in [1.807, 2.05) is 6.08 Å². The Balaban J connectivity index is 0.000000177. The van der Waals surface area contributed by atoms with Crippen molar-refractivity contribution in [2.75, 3.05) is 13.2 Å². The van der Waals surface area contributed by atoms with Gasteiger partial charge in [0, 0.05) is 5.92 Å². The van der Waals surface area contributed by atoms with Gasteiger partial charge in [-0.3, -0.25) is 0 Å². The molecule has 0 amide bonds. The third-order valence-corrected chi connectivity index (χ3v) is 10.3. The molecule has 0 aromatic rings. The molecule has 0 aromatic heterocycles. The Hall–Kier alpha value is -1.52. The lowest BCUT2D eigenvalue weighted by Gasteiger charge is -2.38. The van der Waals surface area contributed by atoms with E-state index >= 15 is 0 Å². The molecule has 4 fully saturated rings. The van der Waals surface area contributed by atoms with Crippen molar-refractivity contribution in [2.45, 2.75) is 80.2 Å². The average Bonchev–Trinajstić information content (AvgIpc) is 3.70. The van der Waals surface area contributed by atoms with E-state index in [9.17, 15) is 57.8 Å². The Bertz CT molecular complexity index is 1070. The van der Waals surface area contributed by atoms with Gasteiger partial charge in [-0.1, -0.05) is 24.3 Å². The van der Waals surface area contributed by atoms with Crippen LogP contribution < -0.4 is 0 Å². The molecule has 246 valence electrons. The largest absolute Gasteiger partial charge is 0.428 e. The van der Waals surface area contributed by atoms with Gasteiger partial charge in [0.05, 0.1) is 25.4 Å². The molecule has 6 aliphatic carbocycles. The summed E-state index contributed by atoms with van der Waals surface area (Å²) in [5, 5.41) is 18.1. The molecule has 6 bridgehead atoms. The van der Waals surface area contributed by atoms with E-state index < -0.39 is 61.3 Å². The Morgan fingerprint density at radius 2 is 0.977 bits per heavy atom. The van der Waals surface area contributed by atoms with Gasteiger partial charge in [0.1, 0.15) is 0 Å². The molecule has 0 saturated heterocycles. The van der Waals surface area contributed by atoms with Crippen molar-refractivity contribution in [1.82, 2.24) is 0 Å². The van der Waals surface area contributed by atoms with E-state index in [1.54, 1.807) is 6.08 Å². The topological polar surface area (TPSA) is 58.9 Å². The van der Waals surface area contributed by atoms with Crippen molar-refractivity contribution in [3.63, 3.8) is 0 Å². The van der Waals surface area contributed by atoms with Crippen LogP contribution in [0.3, 0.4) is 0 Å². The zero-order chi connectivity index (χ0) is 32.0. The molecular formula is C27H30F12O4. The maximum absolute atomic E-state index is 12.7.